The van der Waals surface area contributed by atoms with E-state index in [1.54, 1.807) is 17.5 Å². The van der Waals surface area contributed by atoms with Crippen LogP contribution in [0.2, 0.25) is 0 Å². The third-order valence-electron chi connectivity index (χ3n) is 4.08. The highest BCUT2D eigenvalue weighted by Crippen LogP contribution is 2.23. The van der Waals surface area contributed by atoms with E-state index in [1.165, 1.54) is 17.7 Å². The minimum atomic E-state index is 0.320. The molecule has 6 heteroatoms. The van der Waals surface area contributed by atoms with Crippen LogP contribution in [0.25, 0.3) is 0 Å². The van der Waals surface area contributed by atoms with Crippen LogP contribution in [0.4, 0.5) is 0 Å². The van der Waals surface area contributed by atoms with Crippen molar-refractivity contribution in [3.05, 3.63) is 46.3 Å². The largest absolute Gasteiger partial charge is 0.474 e. The summed E-state index contributed by atoms with van der Waals surface area (Å²) in [5.41, 5.74) is 6.98. The van der Waals surface area contributed by atoms with E-state index < -0.39 is 0 Å². The Kier molecular flexibility index (Phi) is 6.07. The summed E-state index contributed by atoms with van der Waals surface area (Å²) in [7, 11) is 0. The van der Waals surface area contributed by atoms with Crippen LogP contribution >= 0.6 is 11.3 Å². The van der Waals surface area contributed by atoms with E-state index in [9.17, 15) is 0 Å². The standard InChI is InChI=1S/C18H24N4OS/c19-18(21-10-8-16-6-3-11-24-16)22-13-14-7-9-20-17(12-14)23-15-4-1-2-5-15/h3,6-7,9,11-12,15H,1-2,4-5,8,10,13H2,(H3,19,21,22). The van der Waals surface area contributed by atoms with Crippen LogP contribution in [-0.2, 0) is 13.0 Å². The molecule has 0 saturated heterocycles. The molecular formula is C18H24N4OS. The van der Waals surface area contributed by atoms with Crippen molar-refractivity contribution in [3.8, 4) is 5.88 Å². The number of hydrogen-bond acceptors (Lipinski definition) is 4. The van der Waals surface area contributed by atoms with Gasteiger partial charge in [0.05, 0.1) is 6.54 Å². The molecule has 0 amide bonds. The minimum Gasteiger partial charge on any atom is -0.474 e. The van der Waals surface area contributed by atoms with Gasteiger partial charge in [0.2, 0.25) is 5.88 Å². The van der Waals surface area contributed by atoms with Gasteiger partial charge in [-0.2, -0.15) is 0 Å². The van der Waals surface area contributed by atoms with Crippen molar-refractivity contribution in [3.63, 3.8) is 0 Å². The highest BCUT2D eigenvalue weighted by molar-refractivity contribution is 7.09. The number of nitrogens with one attached hydrogen (secondary N) is 1. The molecule has 128 valence electrons. The van der Waals surface area contributed by atoms with Crippen molar-refractivity contribution in [2.45, 2.75) is 44.8 Å². The van der Waals surface area contributed by atoms with E-state index in [4.69, 9.17) is 10.5 Å². The molecule has 5 nitrogen and oxygen atoms in total. The highest BCUT2D eigenvalue weighted by Gasteiger charge is 2.16. The Morgan fingerprint density at radius 2 is 2.25 bits per heavy atom. The average Bonchev–Trinajstić information content (AvgIpc) is 3.27. The van der Waals surface area contributed by atoms with Gasteiger partial charge in [0.1, 0.15) is 6.10 Å². The molecule has 3 rings (SSSR count). The van der Waals surface area contributed by atoms with Gasteiger partial charge in [-0.3, -0.25) is 0 Å². The lowest BCUT2D eigenvalue weighted by Gasteiger charge is -2.12. The quantitative estimate of drug-likeness (QED) is 0.598. The van der Waals surface area contributed by atoms with Gasteiger partial charge in [0.25, 0.3) is 0 Å². The maximum atomic E-state index is 5.93. The monoisotopic (exact) mass is 344 g/mol. The van der Waals surface area contributed by atoms with E-state index in [-0.39, 0.29) is 0 Å². The molecule has 1 aliphatic carbocycles. The van der Waals surface area contributed by atoms with Crippen molar-refractivity contribution in [2.75, 3.05) is 6.54 Å². The topological polar surface area (TPSA) is 72.5 Å². The number of aromatic nitrogens is 1. The van der Waals surface area contributed by atoms with Crippen LogP contribution in [-0.4, -0.2) is 23.6 Å². The summed E-state index contributed by atoms with van der Waals surface area (Å²) in [4.78, 5) is 10.0. The van der Waals surface area contributed by atoms with E-state index in [0.717, 1.165) is 31.4 Å². The van der Waals surface area contributed by atoms with Gasteiger partial charge in [0.15, 0.2) is 5.96 Å². The molecule has 0 atom stereocenters. The molecule has 1 saturated carbocycles. The summed E-state index contributed by atoms with van der Waals surface area (Å²) < 4.78 is 5.92. The molecule has 0 aliphatic heterocycles. The first-order valence-electron chi connectivity index (χ1n) is 8.47. The van der Waals surface area contributed by atoms with Gasteiger partial charge in [-0.1, -0.05) is 6.07 Å². The van der Waals surface area contributed by atoms with Gasteiger partial charge in [-0.05, 0) is 55.2 Å². The smallest absolute Gasteiger partial charge is 0.213 e. The molecule has 0 radical (unpaired) electrons. The molecular weight excluding hydrogens is 320 g/mol. The number of pyridine rings is 1. The van der Waals surface area contributed by atoms with Gasteiger partial charge < -0.3 is 15.8 Å². The van der Waals surface area contributed by atoms with Crippen molar-refractivity contribution < 1.29 is 4.74 Å². The number of ether oxygens (including phenoxy) is 1. The second-order valence-electron chi connectivity index (χ2n) is 5.98. The zero-order chi connectivity index (χ0) is 16.6. The molecule has 3 N–H and O–H groups in total. The van der Waals surface area contributed by atoms with Crippen molar-refractivity contribution in [1.82, 2.24) is 10.3 Å². The molecule has 0 bridgehead atoms. The van der Waals surface area contributed by atoms with E-state index in [1.807, 2.05) is 12.1 Å². The van der Waals surface area contributed by atoms with E-state index >= 15 is 0 Å². The molecule has 0 aromatic carbocycles. The normalized spacial score (nSPS) is 15.6. The first-order valence-corrected chi connectivity index (χ1v) is 9.35. The highest BCUT2D eigenvalue weighted by atomic mass is 32.1. The summed E-state index contributed by atoms with van der Waals surface area (Å²) >= 11 is 1.76. The molecule has 0 spiro atoms. The van der Waals surface area contributed by atoms with Crippen LogP contribution in [0.3, 0.4) is 0 Å². The van der Waals surface area contributed by atoms with E-state index in [2.05, 4.69) is 32.8 Å². The van der Waals surface area contributed by atoms with Crippen LogP contribution in [0, 0.1) is 0 Å². The number of guanidine groups is 1. The summed E-state index contributed by atoms with van der Waals surface area (Å²) in [6, 6.07) is 8.10. The fraction of sp³-hybridized carbons (Fsp3) is 0.444. The molecule has 2 aromatic rings. The molecule has 2 aromatic heterocycles. The Morgan fingerprint density at radius 3 is 3.04 bits per heavy atom. The number of rotatable bonds is 7. The van der Waals surface area contributed by atoms with Crippen LogP contribution in [0.1, 0.15) is 36.1 Å². The van der Waals surface area contributed by atoms with Gasteiger partial charge >= 0.3 is 0 Å². The second-order valence-corrected chi connectivity index (χ2v) is 7.02. The zero-order valence-electron chi connectivity index (χ0n) is 13.8. The molecule has 1 fully saturated rings. The fourth-order valence-corrected chi connectivity index (χ4v) is 3.50. The number of nitrogens with zero attached hydrogens (tertiary/aromatic N) is 2. The van der Waals surface area contributed by atoms with Crippen molar-refractivity contribution in [1.29, 1.82) is 0 Å². The Labute approximate surface area is 147 Å². The summed E-state index contributed by atoms with van der Waals surface area (Å²) in [5.74, 6) is 1.17. The van der Waals surface area contributed by atoms with Crippen LogP contribution < -0.4 is 15.8 Å². The Morgan fingerprint density at radius 1 is 1.38 bits per heavy atom. The predicted octanol–water partition coefficient (Wildman–Crippen LogP) is 3.11. The van der Waals surface area contributed by atoms with Crippen molar-refractivity contribution >= 4 is 17.3 Å². The maximum absolute atomic E-state index is 5.93. The Hall–Kier alpha value is -2.08. The summed E-state index contributed by atoms with van der Waals surface area (Å²) in [5, 5.41) is 5.24. The van der Waals surface area contributed by atoms with Gasteiger partial charge in [0, 0.05) is 23.7 Å². The lowest BCUT2D eigenvalue weighted by Crippen LogP contribution is -2.33. The second kappa shape index (κ2) is 8.68. The number of nitrogens with two attached hydrogens (primary N) is 1. The summed E-state index contributed by atoms with van der Waals surface area (Å²) in [6.45, 7) is 1.32. The number of thiophene rings is 1. The fourth-order valence-electron chi connectivity index (χ4n) is 2.79. The van der Waals surface area contributed by atoms with Crippen LogP contribution in [0.15, 0.2) is 40.8 Å². The van der Waals surface area contributed by atoms with Gasteiger partial charge in [-0.25, -0.2) is 9.98 Å². The van der Waals surface area contributed by atoms with E-state index in [0.29, 0.717) is 24.5 Å². The third kappa shape index (κ3) is 5.23. The number of aliphatic imine (C=N–C) groups is 1. The van der Waals surface area contributed by atoms with Crippen molar-refractivity contribution in [2.24, 2.45) is 10.7 Å². The van der Waals surface area contributed by atoms with Crippen LogP contribution in [0.5, 0.6) is 5.88 Å². The first kappa shape index (κ1) is 16.8. The zero-order valence-corrected chi connectivity index (χ0v) is 14.6. The third-order valence-corrected chi connectivity index (χ3v) is 5.01. The SMILES string of the molecule is NC(=NCc1ccnc(OC2CCCC2)c1)NCCc1cccs1. The lowest BCUT2D eigenvalue weighted by molar-refractivity contribution is 0.201. The predicted molar refractivity (Wildman–Crippen MR) is 98.5 cm³/mol. The molecule has 0 unspecified atom stereocenters. The number of hydrogen-bond donors (Lipinski definition) is 2. The first-order chi connectivity index (χ1) is 11.8. The molecule has 2 heterocycles. The Balaban J connectivity index is 1.45. The molecule has 1 aliphatic rings. The lowest BCUT2D eigenvalue weighted by atomic mass is 10.2. The average molecular weight is 344 g/mol. The van der Waals surface area contributed by atoms with Gasteiger partial charge in [-0.15, -0.1) is 11.3 Å². The molecule has 24 heavy (non-hydrogen) atoms. The Bertz CT molecular complexity index is 651. The summed E-state index contributed by atoms with van der Waals surface area (Å²) in [6.07, 6.45) is 7.82. The maximum Gasteiger partial charge on any atom is 0.213 e. The minimum absolute atomic E-state index is 0.320.